The van der Waals surface area contributed by atoms with Crippen LogP contribution in [-0.4, -0.2) is 53.5 Å². The number of pyridine rings is 1. The number of aromatic nitrogens is 3. The lowest BCUT2D eigenvalue weighted by Crippen LogP contribution is -2.36. The fourth-order valence-electron chi connectivity index (χ4n) is 5.08. The number of allylic oxidation sites excluding steroid dienone is 1. The Balaban J connectivity index is 1.24. The number of ether oxygens (including phenoxy) is 3. The molecule has 1 saturated heterocycles. The number of aryl methyl sites for hydroxylation is 1. The summed E-state index contributed by atoms with van der Waals surface area (Å²) >= 11 is 0. The molecule has 2 N–H and O–H groups in total. The molecular formula is C30H26F3N5O4. The number of ketones is 1. The van der Waals surface area contributed by atoms with Gasteiger partial charge in [0.15, 0.2) is 17.3 Å². The normalized spacial score (nSPS) is 14.6. The zero-order valence-corrected chi connectivity index (χ0v) is 22.5. The van der Waals surface area contributed by atoms with Gasteiger partial charge >= 0.3 is 6.61 Å². The van der Waals surface area contributed by atoms with Crippen molar-refractivity contribution < 1.29 is 32.2 Å². The minimum atomic E-state index is -2.99. The van der Waals surface area contributed by atoms with E-state index in [1.807, 2.05) is 4.90 Å². The van der Waals surface area contributed by atoms with Gasteiger partial charge in [0.25, 0.3) is 0 Å². The molecule has 2 aromatic heterocycles. The number of rotatable bonds is 8. The molecule has 6 rings (SSSR count). The molecule has 9 nitrogen and oxygen atoms in total. The summed E-state index contributed by atoms with van der Waals surface area (Å²) < 4.78 is 57.6. The first kappa shape index (κ1) is 27.3. The second kappa shape index (κ2) is 11.2. The van der Waals surface area contributed by atoms with Crippen LogP contribution >= 0.6 is 0 Å². The fraction of sp³-hybridized carbons (Fsp3) is 0.233. The fourth-order valence-corrected chi connectivity index (χ4v) is 5.08. The van der Waals surface area contributed by atoms with E-state index >= 15 is 0 Å². The number of benzene rings is 2. The van der Waals surface area contributed by atoms with Crippen LogP contribution in [0.2, 0.25) is 0 Å². The summed E-state index contributed by atoms with van der Waals surface area (Å²) in [4.78, 5) is 19.7. The molecule has 0 amide bonds. The molecule has 0 unspecified atom stereocenters. The second-order valence-electron chi connectivity index (χ2n) is 9.87. The molecule has 1 aliphatic carbocycles. The summed E-state index contributed by atoms with van der Waals surface area (Å²) in [6.45, 7) is 0.836. The van der Waals surface area contributed by atoms with Crippen LogP contribution < -0.4 is 20.1 Å². The minimum Gasteiger partial charge on any atom is -0.436 e. The van der Waals surface area contributed by atoms with Crippen molar-refractivity contribution in [3.05, 3.63) is 88.5 Å². The molecule has 42 heavy (non-hydrogen) atoms. The summed E-state index contributed by atoms with van der Waals surface area (Å²) in [5, 5.41) is 4.32. The molecule has 4 aromatic rings. The maximum Gasteiger partial charge on any atom is 0.387 e. The van der Waals surface area contributed by atoms with Gasteiger partial charge in [-0.25, -0.2) is 14.1 Å². The number of nitrogens with two attached hydrogens (primary N) is 1. The Bertz CT molecular complexity index is 1700. The number of nitrogens with zero attached hydrogens (tertiary/aromatic N) is 4. The first-order valence-corrected chi connectivity index (χ1v) is 13.2. The van der Waals surface area contributed by atoms with Gasteiger partial charge in [-0.1, -0.05) is 12.1 Å². The number of carbonyl (C=O) groups is 1. The highest BCUT2D eigenvalue weighted by molar-refractivity contribution is 6.15. The number of halogens is 3. The van der Waals surface area contributed by atoms with Gasteiger partial charge in [-0.05, 0) is 54.0 Å². The molecule has 0 atom stereocenters. The van der Waals surface area contributed by atoms with Crippen molar-refractivity contribution in [2.24, 2.45) is 0 Å². The molecule has 0 radical (unpaired) electrons. The number of fused-ring (bicyclic) bond motifs is 1. The molecule has 0 bridgehead atoms. The summed E-state index contributed by atoms with van der Waals surface area (Å²) in [6.07, 6.45) is 4.83. The highest BCUT2D eigenvalue weighted by Crippen LogP contribution is 2.39. The van der Waals surface area contributed by atoms with Crippen molar-refractivity contribution in [3.63, 3.8) is 0 Å². The van der Waals surface area contributed by atoms with Gasteiger partial charge in [-0.3, -0.25) is 4.79 Å². The van der Waals surface area contributed by atoms with E-state index in [0.29, 0.717) is 60.8 Å². The number of para-hydroxylation sites is 1. The van der Waals surface area contributed by atoms with Gasteiger partial charge in [0.05, 0.1) is 42.5 Å². The van der Waals surface area contributed by atoms with Crippen LogP contribution in [0.15, 0.2) is 60.4 Å². The Morgan fingerprint density at radius 1 is 1.07 bits per heavy atom. The van der Waals surface area contributed by atoms with Gasteiger partial charge in [0.1, 0.15) is 11.6 Å². The van der Waals surface area contributed by atoms with Crippen molar-refractivity contribution in [2.45, 2.75) is 20.0 Å². The third-order valence-corrected chi connectivity index (χ3v) is 7.18. The van der Waals surface area contributed by atoms with Crippen molar-refractivity contribution in [2.75, 3.05) is 36.9 Å². The molecule has 216 valence electrons. The van der Waals surface area contributed by atoms with Crippen molar-refractivity contribution in [1.82, 2.24) is 14.8 Å². The first-order chi connectivity index (χ1) is 20.3. The summed E-state index contributed by atoms with van der Waals surface area (Å²) in [5.41, 5.74) is 10.2. The second-order valence-corrected chi connectivity index (χ2v) is 9.87. The number of morpholine rings is 1. The van der Waals surface area contributed by atoms with Gasteiger partial charge in [0, 0.05) is 31.1 Å². The Hall–Kier alpha value is -4.84. The molecule has 12 heteroatoms. The Morgan fingerprint density at radius 3 is 2.60 bits per heavy atom. The molecule has 1 fully saturated rings. The third-order valence-electron chi connectivity index (χ3n) is 7.18. The van der Waals surface area contributed by atoms with Gasteiger partial charge in [0.2, 0.25) is 5.88 Å². The molecule has 3 heterocycles. The van der Waals surface area contributed by atoms with Gasteiger partial charge in [-0.15, -0.1) is 0 Å². The van der Waals surface area contributed by atoms with E-state index in [-0.39, 0.29) is 34.5 Å². The highest BCUT2D eigenvalue weighted by atomic mass is 19.3. The highest BCUT2D eigenvalue weighted by Gasteiger charge is 2.27. The average Bonchev–Trinajstić information content (AvgIpc) is 3.57. The van der Waals surface area contributed by atoms with Crippen molar-refractivity contribution in [1.29, 1.82) is 0 Å². The zero-order chi connectivity index (χ0) is 29.4. The Labute approximate surface area is 238 Å². The maximum absolute atomic E-state index is 14.0. The standard InChI is InChI=1S/C30H26F3N5O4/c1-17-10-27(41-25-5-3-2-4-22(25)31)35-16-24(17)38-29(34)21(15-36-38)28(39)20-11-18-13-23(37-6-8-40-9-7-37)26(42-30(32)33)14-19(18)12-20/h2-5,10,12-16,30H,6-9,11,34H2,1H3. The molecule has 1 aliphatic heterocycles. The topological polar surface area (TPSA) is 105 Å². The number of Topliss-reactive ketones (excluding diaryl/α,β-unsaturated/α-hetero) is 1. The number of alkyl halides is 2. The Kier molecular flexibility index (Phi) is 7.29. The summed E-state index contributed by atoms with van der Waals surface area (Å²) in [6, 6.07) is 10.9. The smallest absolute Gasteiger partial charge is 0.387 e. The number of nitrogen functional groups attached to an aromatic ring is 1. The predicted molar refractivity (Wildman–Crippen MR) is 149 cm³/mol. The quantitative estimate of drug-likeness (QED) is 0.280. The van der Waals surface area contributed by atoms with Crippen molar-refractivity contribution in [3.8, 4) is 23.1 Å². The number of carbonyl (C=O) groups excluding carboxylic acids is 1. The number of anilines is 2. The van der Waals surface area contributed by atoms with E-state index in [2.05, 4.69) is 10.1 Å². The zero-order valence-electron chi connectivity index (χ0n) is 22.5. The summed E-state index contributed by atoms with van der Waals surface area (Å²) in [5.74, 6) is -0.458. The SMILES string of the molecule is Cc1cc(Oc2ccccc2F)ncc1-n1ncc(C(=O)C2=Cc3cc(OC(F)F)c(N4CCOCC4)cc3C2)c1N. The lowest BCUT2D eigenvalue weighted by Gasteiger charge is -2.30. The van der Waals surface area contributed by atoms with Gasteiger partial charge < -0.3 is 24.8 Å². The van der Waals surface area contributed by atoms with E-state index in [0.717, 1.165) is 5.56 Å². The minimum absolute atomic E-state index is 0.0411. The molecule has 2 aliphatic rings. The Morgan fingerprint density at radius 2 is 1.86 bits per heavy atom. The van der Waals surface area contributed by atoms with E-state index in [1.165, 1.54) is 29.2 Å². The van der Waals surface area contributed by atoms with Crippen LogP contribution in [0.5, 0.6) is 17.4 Å². The van der Waals surface area contributed by atoms with E-state index in [4.69, 9.17) is 19.9 Å². The van der Waals surface area contributed by atoms with E-state index in [9.17, 15) is 18.0 Å². The van der Waals surface area contributed by atoms with Crippen LogP contribution in [0.4, 0.5) is 24.7 Å². The molecule has 0 saturated carbocycles. The third kappa shape index (κ3) is 5.28. The predicted octanol–water partition coefficient (Wildman–Crippen LogP) is 5.35. The maximum atomic E-state index is 14.0. The van der Waals surface area contributed by atoms with E-state index in [1.54, 1.807) is 43.3 Å². The lowest BCUT2D eigenvalue weighted by atomic mass is 10.0. The molecule has 0 spiro atoms. The van der Waals surface area contributed by atoms with Crippen LogP contribution in [0, 0.1) is 12.7 Å². The number of hydrogen-bond acceptors (Lipinski definition) is 8. The van der Waals surface area contributed by atoms with Crippen LogP contribution in [0.25, 0.3) is 11.8 Å². The largest absolute Gasteiger partial charge is 0.436 e. The number of hydrogen-bond donors (Lipinski definition) is 1. The monoisotopic (exact) mass is 577 g/mol. The van der Waals surface area contributed by atoms with Crippen LogP contribution in [-0.2, 0) is 11.2 Å². The first-order valence-electron chi connectivity index (χ1n) is 13.2. The molecule has 2 aromatic carbocycles. The van der Waals surface area contributed by atoms with E-state index < -0.39 is 12.4 Å². The van der Waals surface area contributed by atoms with Crippen molar-refractivity contribution >= 4 is 23.4 Å². The summed E-state index contributed by atoms with van der Waals surface area (Å²) in [7, 11) is 0. The van der Waals surface area contributed by atoms with Gasteiger partial charge in [-0.2, -0.15) is 13.9 Å². The molecular weight excluding hydrogens is 551 g/mol. The van der Waals surface area contributed by atoms with Crippen LogP contribution in [0.1, 0.15) is 27.0 Å². The van der Waals surface area contributed by atoms with Crippen LogP contribution in [0.3, 0.4) is 0 Å². The lowest BCUT2D eigenvalue weighted by molar-refractivity contribution is -0.0496. The average molecular weight is 578 g/mol.